The number of ether oxygens (including phenoxy) is 2. The quantitative estimate of drug-likeness (QED) is 0.470. The summed E-state index contributed by atoms with van der Waals surface area (Å²) in [5.74, 6) is -1.53. The van der Waals surface area contributed by atoms with Gasteiger partial charge in [0.05, 0.1) is 24.2 Å². The molecule has 6 heteroatoms. The van der Waals surface area contributed by atoms with Crippen molar-refractivity contribution in [3.63, 3.8) is 0 Å². The highest BCUT2D eigenvalue weighted by molar-refractivity contribution is 7.98. The first-order valence-electron chi connectivity index (χ1n) is 10.3. The van der Waals surface area contributed by atoms with Crippen LogP contribution < -0.4 is 5.32 Å². The molecule has 3 rings (SSSR count). The van der Waals surface area contributed by atoms with Crippen molar-refractivity contribution >= 4 is 29.8 Å². The molecule has 166 valence electrons. The fraction of sp³-hybridized carbons (Fsp3) is 0.231. The zero-order valence-electron chi connectivity index (χ0n) is 18.7. The minimum Gasteiger partial charge on any atom is -0.466 e. The highest BCUT2D eigenvalue weighted by Crippen LogP contribution is 2.39. The van der Waals surface area contributed by atoms with Crippen molar-refractivity contribution in [2.45, 2.75) is 24.7 Å². The van der Waals surface area contributed by atoms with E-state index >= 15 is 0 Å². The molecule has 0 aromatic heterocycles. The van der Waals surface area contributed by atoms with Gasteiger partial charge in [-0.15, -0.1) is 11.8 Å². The second-order valence-electron chi connectivity index (χ2n) is 7.31. The maximum absolute atomic E-state index is 13.2. The smallest absolute Gasteiger partial charge is 0.337 e. The Kier molecular flexibility index (Phi) is 7.95. The van der Waals surface area contributed by atoms with Gasteiger partial charge in [-0.05, 0) is 49.4 Å². The van der Waals surface area contributed by atoms with E-state index in [2.05, 4.69) is 5.32 Å². The Morgan fingerprint density at radius 2 is 1.59 bits per heavy atom. The van der Waals surface area contributed by atoms with Gasteiger partial charge >= 0.3 is 11.9 Å². The van der Waals surface area contributed by atoms with E-state index in [1.54, 1.807) is 17.8 Å². The van der Waals surface area contributed by atoms with Crippen LogP contribution >= 0.6 is 11.8 Å². The van der Waals surface area contributed by atoms with Gasteiger partial charge in [0.25, 0.3) is 0 Å². The zero-order valence-corrected chi connectivity index (χ0v) is 19.5. The van der Waals surface area contributed by atoms with Crippen molar-refractivity contribution in [2.24, 2.45) is 0 Å². The molecule has 5 nitrogen and oxygen atoms in total. The predicted octanol–water partition coefficient (Wildman–Crippen LogP) is 5.07. The van der Waals surface area contributed by atoms with E-state index in [4.69, 9.17) is 9.47 Å². The molecule has 0 aliphatic carbocycles. The summed E-state index contributed by atoms with van der Waals surface area (Å²) >= 11 is 1.63. The number of nitrogens with one attached hydrogen (secondary N) is 1. The highest BCUT2D eigenvalue weighted by atomic mass is 32.2. The minimum atomic E-state index is -0.579. The van der Waals surface area contributed by atoms with Gasteiger partial charge in [0, 0.05) is 16.3 Å². The number of esters is 2. The topological polar surface area (TPSA) is 64.6 Å². The number of carbonyl (C=O) groups is 2. The van der Waals surface area contributed by atoms with Crippen LogP contribution in [-0.2, 0) is 19.1 Å². The molecular formula is C26H27NO4S. The summed E-state index contributed by atoms with van der Waals surface area (Å²) in [6, 6.07) is 17.6. The average Bonchev–Trinajstić information content (AvgIpc) is 2.81. The SMILES string of the molecule is COC(=O)C1=C(C)NC(C)=C(C(=O)OCC=Cc2ccccc2)C1c1ccc(SC)cc1. The van der Waals surface area contributed by atoms with Crippen molar-refractivity contribution in [1.29, 1.82) is 0 Å². The molecule has 0 spiro atoms. The number of methoxy groups -OCH3 is 1. The Balaban J connectivity index is 1.89. The molecule has 1 aliphatic heterocycles. The van der Waals surface area contributed by atoms with E-state index < -0.39 is 17.9 Å². The summed E-state index contributed by atoms with van der Waals surface area (Å²) in [5.41, 5.74) is 3.98. The lowest BCUT2D eigenvalue weighted by atomic mass is 9.80. The molecule has 0 bridgehead atoms. The lowest BCUT2D eigenvalue weighted by molar-refractivity contribution is -0.138. The largest absolute Gasteiger partial charge is 0.466 e. The summed E-state index contributed by atoms with van der Waals surface area (Å²) < 4.78 is 10.6. The first-order chi connectivity index (χ1) is 15.5. The van der Waals surface area contributed by atoms with Crippen LogP contribution in [0.4, 0.5) is 0 Å². The molecule has 0 saturated carbocycles. The van der Waals surface area contributed by atoms with Gasteiger partial charge in [0.15, 0.2) is 0 Å². The molecule has 0 amide bonds. The Morgan fingerprint density at radius 1 is 0.969 bits per heavy atom. The van der Waals surface area contributed by atoms with Crippen molar-refractivity contribution in [2.75, 3.05) is 20.0 Å². The first kappa shape index (κ1) is 23.4. The van der Waals surface area contributed by atoms with Crippen LogP contribution in [-0.4, -0.2) is 31.9 Å². The van der Waals surface area contributed by atoms with Gasteiger partial charge in [0.2, 0.25) is 0 Å². The summed E-state index contributed by atoms with van der Waals surface area (Å²) in [7, 11) is 1.34. The van der Waals surface area contributed by atoms with Crippen LogP contribution in [0.25, 0.3) is 6.08 Å². The third-order valence-electron chi connectivity index (χ3n) is 5.26. The van der Waals surface area contributed by atoms with Crippen LogP contribution in [0.15, 0.2) is 88.1 Å². The molecule has 2 aromatic carbocycles. The molecular weight excluding hydrogens is 422 g/mol. The molecule has 2 aromatic rings. The number of carbonyl (C=O) groups excluding carboxylic acids is 2. The van der Waals surface area contributed by atoms with E-state index in [0.717, 1.165) is 16.0 Å². The van der Waals surface area contributed by atoms with E-state index in [-0.39, 0.29) is 6.61 Å². The second-order valence-corrected chi connectivity index (χ2v) is 8.19. The third kappa shape index (κ3) is 5.32. The van der Waals surface area contributed by atoms with Gasteiger partial charge in [-0.2, -0.15) is 0 Å². The molecule has 1 atom stereocenters. The van der Waals surface area contributed by atoms with Crippen LogP contribution in [0.2, 0.25) is 0 Å². The fourth-order valence-corrected chi connectivity index (χ4v) is 4.13. The number of thioether (sulfide) groups is 1. The molecule has 32 heavy (non-hydrogen) atoms. The first-order valence-corrected chi connectivity index (χ1v) is 11.5. The lowest BCUT2D eigenvalue weighted by Crippen LogP contribution is -2.32. The Labute approximate surface area is 193 Å². The molecule has 1 unspecified atom stereocenters. The number of hydrogen-bond acceptors (Lipinski definition) is 6. The minimum absolute atomic E-state index is 0.124. The Hall–Kier alpha value is -3.25. The summed E-state index contributed by atoms with van der Waals surface area (Å²) in [4.78, 5) is 26.9. The van der Waals surface area contributed by atoms with Gasteiger partial charge in [-0.3, -0.25) is 0 Å². The molecule has 0 saturated heterocycles. The third-order valence-corrected chi connectivity index (χ3v) is 6.00. The van der Waals surface area contributed by atoms with Crippen LogP contribution in [0.1, 0.15) is 30.9 Å². The van der Waals surface area contributed by atoms with E-state index in [9.17, 15) is 9.59 Å². The van der Waals surface area contributed by atoms with E-state index in [0.29, 0.717) is 22.5 Å². The molecule has 0 fully saturated rings. The fourth-order valence-electron chi connectivity index (χ4n) is 3.72. The van der Waals surface area contributed by atoms with Crippen molar-refractivity contribution < 1.29 is 19.1 Å². The standard InChI is InChI=1S/C26H27NO4S/c1-17-22(25(28)30-3)24(20-12-14-21(32-4)15-13-20)23(18(2)27-17)26(29)31-16-8-11-19-9-6-5-7-10-19/h5-15,24,27H,16H2,1-4H3. The van der Waals surface area contributed by atoms with Crippen LogP contribution in [0.3, 0.4) is 0 Å². The summed E-state index contributed by atoms with van der Waals surface area (Å²) in [5, 5.41) is 3.15. The number of rotatable bonds is 7. The van der Waals surface area contributed by atoms with Gasteiger partial charge in [0.1, 0.15) is 6.61 Å². The monoisotopic (exact) mass is 449 g/mol. The van der Waals surface area contributed by atoms with Gasteiger partial charge in [-0.1, -0.05) is 48.5 Å². The number of hydrogen-bond donors (Lipinski definition) is 1. The summed E-state index contributed by atoms with van der Waals surface area (Å²) in [6.07, 6.45) is 5.69. The number of allylic oxidation sites excluding steroid dienone is 2. The molecule has 1 heterocycles. The van der Waals surface area contributed by atoms with Crippen LogP contribution in [0, 0.1) is 0 Å². The highest BCUT2D eigenvalue weighted by Gasteiger charge is 2.37. The normalized spacial score (nSPS) is 16.2. The lowest BCUT2D eigenvalue weighted by Gasteiger charge is -2.30. The maximum Gasteiger partial charge on any atom is 0.337 e. The van der Waals surface area contributed by atoms with E-state index in [1.165, 1.54) is 7.11 Å². The van der Waals surface area contributed by atoms with Gasteiger partial charge in [-0.25, -0.2) is 9.59 Å². The van der Waals surface area contributed by atoms with Crippen molar-refractivity contribution in [3.05, 3.63) is 94.3 Å². The predicted molar refractivity (Wildman–Crippen MR) is 128 cm³/mol. The maximum atomic E-state index is 13.2. The second kappa shape index (κ2) is 10.9. The Bertz CT molecular complexity index is 1070. The average molecular weight is 450 g/mol. The molecule has 0 radical (unpaired) electrons. The number of dihydropyridines is 1. The molecule has 1 N–H and O–H groups in total. The summed E-state index contributed by atoms with van der Waals surface area (Å²) in [6.45, 7) is 3.75. The molecule has 1 aliphatic rings. The van der Waals surface area contributed by atoms with Gasteiger partial charge < -0.3 is 14.8 Å². The zero-order chi connectivity index (χ0) is 23.1. The number of benzene rings is 2. The van der Waals surface area contributed by atoms with E-state index in [1.807, 2.05) is 80.8 Å². The van der Waals surface area contributed by atoms with Crippen molar-refractivity contribution in [1.82, 2.24) is 5.32 Å². The van der Waals surface area contributed by atoms with Crippen LogP contribution in [0.5, 0.6) is 0 Å². The Morgan fingerprint density at radius 3 is 2.19 bits per heavy atom. The van der Waals surface area contributed by atoms with Crippen molar-refractivity contribution in [3.8, 4) is 0 Å².